The molecule has 0 bridgehead atoms. The van der Waals surface area contributed by atoms with Crippen LogP contribution in [0, 0.1) is 11.8 Å². The minimum atomic E-state index is -1.72. The Balaban J connectivity index is 5.70. The summed E-state index contributed by atoms with van der Waals surface area (Å²) in [6.45, 7) is 11.3. The lowest BCUT2D eigenvalue weighted by Gasteiger charge is -2.29. The highest BCUT2D eigenvalue weighted by atomic mass is 32.1. The lowest BCUT2D eigenvalue weighted by atomic mass is 9.97. The second kappa shape index (κ2) is 28.6. The van der Waals surface area contributed by atoms with Gasteiger partial charge in [-0.05, 0) is 52.9 Å². The number of nitrogens with one attached hydrogen (secondary N) is 9. The van der Waals surface area contributed by atoms with Crippen molar-refractivity contribution in [2.45, 2.75) is 148 Å². The normalized spacial score (nSPS) is 17.3. The van der Waals surface area contributed by atoms with Gasteiger partial charge >= 0.3 is 5.97 Å². The molecule has 64 heavy (non-hydrogen) atoms. The van der Waals surface area contributed by atoms with Crippen LogP contribution < -0.4 is 53.6 Å². The number of carbonyl (C=O) groups is 10. The fourth-order valence-electron chi connectivity index (χ4n) is 5.48. The number of hydrogen-bond donors (Lipinski definition) is 16. The number of aliphatic hydroxyl groups excluding tert-OH is 4. The molecule has 0 spiro atoms. The fraction of sp³-hybridized carbons (Fsp3) is 0.737. The van der Waals surface area contributed by atoms with Crippen LogP contribution in [0.3, 0.4) is 0 Å². The smallest absolute Gasteiger partial charge is 0.326 e. The number of nitrogens with two attached hydrogens (primary N) is 1. The molecular formula is C38H68N10O15S. The van der Waals surface area contributed by atoms with Gasteiger partial charge in [0.25, 0.3) is 0 Å². The Hall–Kier alpha value is -5.15. The molecule has 0 aromatic carbocycles. The summed E-state index contributed by atoms with van der Waals surface area (Å²) in [6.07, 6.45) is -4.12. The summed E-state index contributed by atoms with van der Waals surface area (Å²) < 4.78 is 0. The van der Waals surface area contributed by atoms with Crippen molar-refractivity contribution in [2.75, 3.05) is 18.9 Å². The van der Waals surface area contributed by atoms with Crippen LogP contribution in [0.25, 0.3) is 0 Å². The van der Waals surface area contributed by atoms with Crippen molar-refractivity contribution in [1.29, 1.82) is 0 Å². The van der Waals surface area contributed by atoms with Crippen molar-refractivity contribution in [3.8, 4) is 0 Å². The second-order valence-electron chi connectivity index (χ2n) is 15.9. The number of hydrogen-bond acceptors (Lipinski definition) is 16. The molecule has 0 aromatic rings. The summed E-state index contributed by atoms with van der Waals surface area (Å²) in [5.41, 5.74) is 5.45. The lowest BCUT2D eigenvalue weighted by molar-refractivity contribution is -0.142. The summed E-state index contributed by atoms with van der Waals surface area (Å²) in [6, 6.07) is -13.1. The first kappa shape index (κ1) is 58.9. The minimum absolute atomic E-state index is 0.0639. The molecule has 0 fully saturated rings. The van der Waals surface area contributed by atoms with Crippen LogP contribution in [0.2, 0.25) is 0 Å². The predicted octanol–water partition coefficient (Wildman–Crippen LogP) is -6.41. The Bertz CT molecular complexity index is 1640. The third-order valence-corrected chi connectivity index (χ3v) is 9.96. The van der Waals surface area contributed by atoms with E-state index in [0.29, 0.717) is 6.42 Å². The SMILES string of the molecule is CCC(C)C(NC(=O)C(C)NC(=O)C(NC(=O)C(NC(=O)C(N)CO)C(C)O)C(C)O)C(=O)NC(CS)C(=O)NC(C)C(=O)NC(C(=O)NCC(=O)NC(CC(C)C)C(=O)O)C(C)O. The zero-order valence-electron chi connectivity index (χ0n) is 37.5. The summed E-state index contributed by atoms with van der Waals surface area (Å²) in [5.74, 6) is -10.8. The Morgan fingerprint density at radius 3 is 1.36 bits per heavy atom. The lowest BCUT2D eigenvalue weighted by Crippen LogP contribution is -2.63. The maximum atomic E-state index is 13.5. The molecule has 13 unspecified atom stereocenters. The number of aliphatic hydroxyl groups is 4. The van der Waals surface area contributed by atoms with Crippen molar-refractivity contribution >= 4 is 71.8 Å². The van der Waals surface area contributed by atoms with Gasteiger partial charge in [0.1, 0.15) is 54.4 Å². The number of carboxylic acids is 1. The molecule has 16 N–H and O–H groups in total. The van der Waals surface area contributed by atoms with Gasteiger partial charge in [0.05, 0.1) is 31.5 Å². The molecule has 0 rings (SSSR count). The maximum absolute atomic E-state index is 13.5. The first-order chi connectivity index (χ1) is 29.6. The van der Waals surface area contributed by atoms with Gasteiger partial charge in [-0.25, -0.2) is 4.79 Å². The van der Waals surface area contributed by atoms with E-state index in [9.17, 15) is 68.4 Å². The monoisotopic (exact) mass is 936 g/mol. The van der Waals surface area contributed by atoms with E-state index in [4.69, 9.17) is 10.8 Å². The van der Waals surface area contributed by atoms with E-state index in [-0.39, 0.29) is 18.1 Å². The molecule has 13 atom stereocenters. The molecule has 25 nitrogen and oxygen atoms in total. The number of rotatable bonds is 28. The van der Waals surface area contributed by atoms with Crippen LogP contribution in [0.15, 0.2) is 0 Å². The van der Waals surface area contributed by atoms with Crippen LogP contribution >= 0.6 is 12.6 Å². The molecule has 0 aliphatic heterocycles. The van der Waals surface area contributed by atoms with Gasteiger partial charge in [0, 0.05) is 5.75 Å². The average molecular weight is 937 g/mol. The van der Waals surface area contributed by atoms with E-state index in [1.54, 1.807) is 27.7 Å². The van der Waals surface area contributed by atoms with E-state index in [1.165, 1.54) is 20.8 Å². The maximum Gasteiger partial charge on any atom is 0.326 e. The van der Waals surface area contributed by atoms with E-state index in [0.717, 1.165) is 13.8 Å². The van der Waals surface area contributed by atoms with Crippen molar-refractivity contribution in [1.82, 2.24) is 47.9 Å². The summed E-state index contributed by atoms with van der Waals surface area (Å²) in [4.78, 5) is 128. The highest BCUT2D eigenvalue weighted by molar-refractivity contribution is 7.80. The van der Waals surface area contributed by atoms with Crippen molar-refractivity contribution in [3.63, 3.8) is 0 Å². The van der Waals surface area contributed by atoms with Crippen LogP contribution in [0.4, 0.5) is 0 Å². The predicted molar refractivity (Wildman–Crippen MR) is 230 cm³/mol. The zero-order valence-corrected chi connectivity index (χ0v) is 38.4. The second-order valence-corrected chi connectivity index (χ2v) is 16.2. The molecule has 9 amide bonds. The molecule has 0 aliphatic carbocycles. The highest BCUT2D eigenvalue weighted by Crippen LogP contribution is 2.10. The van der Waals surface area contributed by atoms with Crippen molar-refractivity contribution in [3.05, 3.63) is 0 Å². The Kier molecular flexibility index (Phi) is 26.3. The van der Waals surface area contributed by atoms with Gasteiger partial charge in [0.2, 0.25) is 53.2 Å². The summed E-state index contributed by atoms with van der Waals surface area (Å²) >= 11 is 4.13. The first-order valence-electron chi connectivity index (χ1n) is 20.6. The first-order valence-corrected chi connectivity index (χ1v) is 21.2. The van der Waals surface area contributed by atoms with Crippen LogP contribution in [0.5, 0.6) is 0 Å². The largest absolute Gasteiger partial charge is 0.480 e. The Morgan fingerprint density at radius 2 is 0.938 bits per heavy atom. The summed E-state index contributed by atoms with van der Waals surface area (Å²) in [5, 5.41) is 69.7. The van der Waals surface area contributed by atoms with Gasteiger partial charge < -0.3 is 79.1 Å². The molecule has 0 heterocycles. The number of aliphatic carboxylic acids is 1. The van der Waals surface area contributed by atoms with Crippen molar-refractivity contribution in [2.24, 2.45) is 17.6 Å². The van der Waals surface area contributed by atoms with Gasteiger partial charge in [-0.15, -0.1) is 0 Å². The van der Waals surface area contributed by atoms with Gasteiger partial charge in [-0.1, -0.05) is 34.1 Å². The topological polar surface area (TPSA) is 406 Å². The molecular weight excluding hydrogens is 869 g/mol. The molecule has 0 saturated heterocycles. The Morgan fingerprint density at radius 1 is 0.531 bits per heavy atom. The van der Waals surface area contributed by atoms with Gasteiger partial charge in [-0.2, -0.15) is 12.6 Å². The number of carbonyl (C=O) groups excluding carboxylic acids is 9. The van der Waals surface area contributed by atoms with E-state index in [2.05, 4.69) is 60.5 Å². The quantitative estimate of drug-likeness (QED) is 0.0325. The van der Waals surface area contributed by atoms with E-state index < -0.39 is 151 Å². The van der Waals surface area contributed by atoms with Gasteiger partial charge in [0.15, 0.2) is 0 Å². The minimum Gasteiger partial charge on any atom is -0.480 e. The molecule has 0 aromatic heterocycles. The molecule has 0 saturated carbocycles. The zero-order chi connectivity index (χ0) is 49.8. The Labute approximate surface area is 376 Å². The van der Waals surface area contributed by atoms with E-state index in [1.807, 2.05) is 0 Å². The number of thiol groups is 1. The average Bonchev–Trinajstić information content (AvgIpc) is 3.21. The van der Waals surface area contributed by atoms with Crippen LogP contribution in [-0.2, 0) is 47.9 Å². The summed E-state index contributed by atoms with van der Waals surface area (Å²) in [7, 11) is 0. The molecule has 366 valence electrons. The third kappa shape index (κ3) is 20.1. The van der Waals surface area contributed by atoms with E-state index >= 15 is 0 Å². The van der Waals surface area contributed by atoms with Crippen molar-refractivity contribution < 1.29 is 73.5 Å². The van der Waals surface area contributed by atoms with Crippen LogP contribution in [0.1, 0.15) is 75.2 Å². The highest BCUT2D eigenvalue weighted by Gasteiger charge is 2.36. The molecule has 26 heteroatoms. The van der Waals surface area contributed by atoms with Gasteiger partial charge in [-0.3, -0.25) is 43.2 Å². The van der Waals surface area contributed by atoms with Crippen LogP contribution in [-0.4, -0.2) is 176 Å². The number of carboxylic acid groups (broad SMARTS) is 1. The fourth-order valence-corrected chi connectivity index (χ4v) is 5.74. The number of amides is 9. The molecule has 0 radical (unpaired) electrons. The third-order valence-electron chi connectivity index (χ3n) is 9.60. The standard InChI is InChI=1S/C38H68N10O15S/c1-10-16(4)26(45-30(54)18(6)42-36(60)28(20(8)51)48-37(61)29(21(9)52)47-32(56)22(39)13-49)35(59)44-24(14-64)33(57)41-17(5)31(55)46-27(19(7)50)34(58)40-12-25(53)43-23(38(62)63)11-15(2)3/h15-24,26-29,49-52,64H,10-14,39H2,1-9H3,(H,40,58)(H,41,57)(H,42,60)(H,43,53)(H,44,59)(H,45,54)(H,46,55)(H,47,56)(H,48,61)(H,62,63). The molecule has 0 aliphatic rings.